The number of nitrogens with one attached hydrogen (secondary N) is 1. The van der Waals surface area contributed by atoms with Crippen LogP contribution in [0, 0.1) is 12.3 Å². The zero-order valence-corrected chi connectivity index (χ0v) is 18.8. The Morgan fingerprint density at radius 1 is 1.26 bits per heavy atom. The molecule has 2 aromatic rings. The number of aryl methyl sites for hydroxylation is 1. The van der Waals surface area contributed by atoms with Gasteiger partial charge in [-0.25, -0.2) is 0 Å². The molecule has 0 bridgehead atoms. The molecule has 4 rings (SSSR count). The normalized spacial score (nSPS) is 16.6. The first-order valence-electron chi connectivity index (χ1n) is 9.52. The summed E-state index contributed by atoms with van der Waals surface area (Å²) >= 11 is 3.54. The predicted octanol–water partition coefficient (Wildman–Crippen LogP) is 4.80. The Morgan fingerprint density at radius 3 is 2.77 bits per heavy atom. The van der Waals surface area contributed by atoms with E-state index < -0.39 is 5.91 Å². The molecule has 0 spiro atoms. The van der Waals surface area contributed by atoms with Gasteiger partial charge in [-0.3, -0.25) is 10.2 Å². The third-order valence-electron chi connectivity index (χ3n) is 4.88. The van der Waals surface area contributed by atoms with Crippen LogP contribution < -0.4 is 9.47 Å². The van der Waals surface area contributed by atoms with Crippen molar-refractivity contribution in [2.75, 3.05) is 7.11 Å². The van der Waals surface area contributed by atoms with Gasteiger partial charge in [-0.05, 0) is 64.7 Å². The molecule has 0 aromatic heterocycles. The number of carbonyl (C=O) groups excluding carboxylic acids is 1. The van der Waals surface area contributed by atoms with E-state index in [-0.39, 0.29) is 11.4 Å². The average Bonchev–Trinajstić information content (AvgIpc) is 3.11. The molecule has 0 atom stereocenters. The van der Waals surface area contributed by atoms with Crippen LogP contribution in [0.2, 0.25) is 0 Å². The van der Waals surface area contributed by atoms with Gasteiger partial charge < -0.3 is 14.3 Å². The number of hydroxylamine groups is 2. The molecule has 1 N–H and O–H groups in total. The van der Waals surface area contributed by atoms with Gasteiger partial charge in [0.15, 0.2) is 23.2 Å². The molecule has 0 aliphatic carbocycles. The van der Waals surface area contributed by atoms with E-state index in [0.717, 1.165) is 11.1 Å². The number of rotatable bonds is 5. The van der Waals surface area contributed by atoms with Crippen LogP contribution in [0.4, 0.5) is 0 Å². The van der Waals surface area contributed by atoms with Crippen LogP contribution in [0.25, 0.3) is 6.08 Å². The number of amidine groups is 2. The maximum atomic E-state index is 12.5. The van der Waals surface area contributed by atoms with Crippen molar-refractivity contribution in [3.8, 4) is 11.5 Å². The van der Waals surface area contributed by atoms with Crippen LogP contribution in [0.5, 0.6) is 11.5 Å². The van der Waals surface area contributed by atoms with Gasteiger partial charge in [0.2, 0.25) is 0 Å². The number of ether oxygens (including phenoxy) is 2. The van der Waals surface area contributed by atoms with Crippen LogP contribution in [0.3, 0.4) is 0 Å². The summed E-state index contributed by atoms with van der Waals surface area (Å²) in [6.07, 6.45) is 3.20. The van der Waals surface area contributed by atoms with Crippen LogP contribution in [0.1, 0.15) is 23.6 Å². The summed E-state index contributed by atoms with van der Waals surface area (Å²) in [5.74, 6) is 1.36. The molecule has 2 aliphatic heterocycles. The van der Waals surface area contributed by atoms with Gasteiger partial charge in [0.25, 0.3) is 5.91 Å². The number of hydrogen-bond donors (Lipinski definition) is 1. The highest BCUT2D eigenvalue weighted by atomic mass is 79.9. The van der Waals surface area contributed by atoms with Crippen molar-refractivity contribution in [1.29, 1.82) is 5.41 Å². The third kappa shape index (κ3) is 4.11. The fourth-order valence-corrected chi connectivity index (χ4v) is 3.83. The molecule has 0 saturated carbocycles. The number of nitrogens with zero attached hydrogens (tertiary/aromatic N) is 2. The van der Waals surface area contributed by atoms with Crippen molar-refractivity contribution in [3.63, 3.8) is 0 Å². The number of amides is 1. The number of benzene rings is 2. The Morgan fingerprint density at radius 2 is 2.03 bits per heavy atom. The molecule has 2 heterocycles. The van der Waals surface area contributed by atoms with E-state index in [9.17, 15) is 4.79 Å². The van der Waals surface area contributed by atoms with Gasteiger partial charge in [0.05, 0.1) is 17.2 Å². The first-order valence-corrected chi connectivity index (χ1v) is 10.3. The molecule has 8 heteroatoms. The Balaban J connectivity index is 1.62. The maximum absolute atomic E-state index is 12.5. The number of allylic oxidation sites excluding steroid dienone is 1. The molecule has 31 heavy (non-hydrogen) atoms. The Hall–Kier alpha value is -3.39. The van der Waals surface area contributed by atoms with Gasteiger partial charge in [-0.1, -0.05) is 24.3 Å². The smallest absolute Gasteiger partial charge is 0.282 e. The Labute approximate surface area is 188 Å². The van der Waals surface area contributed by atoms with Crippen LogP contribution in [-0.4, -0.2) is 29.8 Å². The van der Waals surface area contributed by atoms with E-state index in [0.29, 0.717) is 39.7 Å². The van der Waals surface area contributed by atoms with Crippen molar-refractivity contribution in [3.05, 3.63) is 75.0 Å². The predicted molar refractivity (Wildman–Crippen MR) is 121 cm³/mol. The highest BCUT2D eigenvalue weighted by Gasteiger charge is 2.34. The standard InChI is InChI=1S/C23H20BrN3O4/c1-13-6-4-5-7-16(13)12-30-21-18(24)10-15(11-19(21)29-3)9-17-22(25)27-20(26-23(17)28)8-14(2)31-27/h4-11,25H,12H2,1-3H3/b17-9+,25-22?. The number of fused-ring (bicyclic) bond motifs is 1. The lowest BCUT2D eigenvalue weighted by molar-refractivity contribution is -0.114. The first-order chi connectivity index (χ1) is 14.9. The highest BCUT2D eigenvalue weighted by Crippen LogP contribution is 2.38. The van der Waals surface area contributed by atoms with Crippen molar-refractivity contribution in [2.24, 2.45) is 4.99 Å². The van der Waals surface area contributed by atoms with Gasteiger partial charge >= 0.3 is 0 Å². The maximum Gasteiger partial charge on any atom is 0.282 e. The van der Waals surface area contributed by atoms with Crippen molar-refractivity contribution in [2.45, 2.75) is 20.5 Å². The number of methoxy groups -OCH3 is 1. The van der Waals surface area contributed by atoms with Gasteiger partial charge in [0.1, 0.15) is 12.4 Å². The number of hydrogen-bond acceptors (Lipinski definition) is 5. The third-order valence-corrected chi connectivity index (χ3v) is 5.47. The highest BCUT2D eigenvalue weighted by molar-refractivity contribution is 9.10. The summed E-state index contributed by atoms with van der Waals surface area (Å²) in [6, 6.07) is 11.6. The molecule has 1 amide bonds. The molecular formula is C23H20BrN3O4. The molecule has 7 nitrogen and oxygen atoms in total. The summed E-state index contributed by atoms with van der Waals surface area (Å²) in [6.45, 7) is 4.16. The zero-order valence-electron chi connectivity index (χ0n) is 17.2. The summed E-state index contributed by atoms with van der Waals surface area (Å²) in [5.41, 5.74) is 2.99. The van der Waals surface area contributed by atoms with E-state index in [1.165, 1.54) is 5.06 Å². The lowest BCUT2D eigenvalue weighted by atomic mass is 10.1. The fraction of sp³-hybridized carbons (Fsp3) is 0.174. The second kappa shape index (κ2) is 8.39. The lowest BCUT2D eigenvalue weighted by Crippen LogP contribution is -2.38. The molecule has 158 valence electrons. The van der Waals surface area contributed by atoms with E-state index in [4.69, 9.17) is 19.7 Å². The lowest BCUT2D eigenvalue weighted by Gasteiger charge is -2.23. The zero-order chi connectivity index (χ0) is 22.1. The number of carbonyl (C=O) groups is 1. The van der Waals surface area contributed by atoms with E-state index in [1.54, 1.807) is 38.3 Å². The average molecular weight is 482 g/mol. The fourth-order valence-electron chi connectivity index (χ4n) is 3.25. The molecule has 0 fully saturated rings. The van der Waals surface area contributed by atoms with E-state index in [2.05, 4.69) is 20.9 Å². The topological polar surface area (TPSA) is 84.2 Å². The largest absolute Gasteiger partial charge is 0.493 e. The molecule has 2 aliphatic rings. The monoisotopic (exact) mass is 481 g/mol. The first kappa shape index (κ1) is 20.9. The van der Waals surface area contributed by atoms with E-state index >= 15 is 0 Å². The van der Waals surface area contributed by atoms with Crippen LogP contribution in [-0.2, 0) is 16.2 Å². The quantitative estimate of drug-likeness (QED) is 0.620. The van der Waals surface area contributed by atoms with Crippen molar-refractivity contribution < 1.29 is 19.1 Å². The minimum Gasteiger partial charge on any atom is -0.493 e. The summed E-state index contributed by atoms with van der Waals surface area (Å²) in [4.78, 5) is 21.9. The van der Waals surface area contributed by atoms with Gasteiger partial charge in [-0.15, -0.1) is 5.06 Å². The summed E-state index contributed by atoms with van der Waals surface area (Å²) < 4.78 is 12.2. The minimum atomic E-state index is -0.499. The molecule has 2 aromatic carbocycles. The summed E-state index contributed by atoms with van der Waals surface area (Å²) in [7, 11) is 1.55. The van der Waals surface area contributed by atoms with Crippen molar-refractivity contribution >= 4 is 39.6 Å². The van der Waals surface area contributed by atoms with E-state index in [1.807, 2.05) is 31.2 Å². The van der Waals surface area contributed by atoms with Crippen LogP contribution in [0.15, 0.2) is 63.3 Å². The van der Waals surface area contributed by atoms with Crippen LogP contribution >= 0.6 is 15.9 Å². The van der Waals surface area contributed by atoms with Gasteiger partial charge in [0, 0.05) is 6.08 Å². The van der Waals surface area contributed by atoms with Gasteiger partial charge in [-0.2, -0.15) is 4.99 Å². The summed E-state index contributed by atoms with van der Waals surface area (Å²) in [5, 5.41) is 9.58. The molecular weight excluding hydrogens is 462 g/mol. The molecule has 0 unspecified atom stereocenters. The SMILES string of the molecule is COc1cc(/C=C2\C(=N)N3OC(C)=CC3=NC2=O)cc(Br)c1OCc1ccccc1C. The number of aliphatic imine (C=N–C) groups is 1. The second-order valence-corrected chi connectivity index (χ2v) is 7.93. The Bertz CT molecular complexity index is 1180. The molecule has 0 saturated heterocycles. The number of halogens is 1. The second-order valence-electron chi connectivity index (χ2n) is 7.07. The molecule has 0 radical (unpaired) electrons. The minimum absolute atomic E-state index is 0.0712. The Kier molecular flexibility index (Phi) is 5.65. The van der Waals surface area contributed by atoms with Crippen molar-refractivity contribution in [1.82, 2.24) is 5.06 Å².